The predicted octanol–water partition coefficient (Wildman–Crippen LogP) is 4.46. The number of aromatic nitrogens is 1. The van der Waals surface area contributed by atoms with Gasteiger partial charge < -0.3 is 24.6 Å². The molecule has 9 heteroatoms. The summed E-state index contributed by atoms with van der Waals surface area (Å²) in [6.45, 7) is 8.52. The van der Waals surface area contributed by atoms with Gasteiger partial charge in [-0.2, -0.15) is 8.78 Å². The number of likely N-dealkylation sites (tertiary alicyclic amines) is 1. The minimum absolute atomic E-state index is 0.131. The SMILES string of the molecule is CC1(C)CC(C)(C)CC(O)(C(F)(F)C(=O)N2CCC[C@H]2c2cc(COC3=CNCC=C3)on2)C1. The van der Waals surface area contributed by atoms with Crippen LogP contribution in [0.4, 0.5) is 8.78 Å². The molecule has 1 aromatic rings. The third-order valence-corrected chi connectivity index (χ3v) is 6.93. The van der Waals surface area contributed by atoms with E-state index in [1.54, 1.807) is 12.3 Å². The lowest BCUT2D eigenvalue weighted by Crippen LogP contribution is -2.62. The Bertz CT molecular complexity index is 967. The zero-order valence-electron chi connectivity index (χ0n) is 20.4. The summed E-state index contributed by atoms with van der Waals surface area (Å²) in [4.78, 5) is 14.4. The molecule has 0 bridgehead atoms. The highest BCUT2D eigenvalue weighted by Crippen LogP contribution is 2.55. The second kappa shape index (κ2) is 8.66. The Labute approximate surface area is 199 Å². The lowest BCUT2D eigenvalue weighted by molar-refractivity contribution is -0.231. The van der Waals surface area contributed by atoms with Gasteiger partial charge in [0.15, 0.2) is 5.76 Å². The monoisotopic (exact) mass is 479 g/mol. The average Bonchev–Trinajstić information content (AvgIpc) is 3.39. The van der Waals surface area contributed by atoms with Gasteiger partial charge in [-0.15, -0.1) is 0 Å². The number of alkyl halides is 2. The Morgan fingerprint density at radius 2 is 2.00 bits per heavy atom. The van der Waals surface area contributed by atoms with Crippen LogP contribution >= 0.6 is 0 Å². The first-order valence-corrected chi connectivity index (χ1v) is 11.9. The van der Waals surface area contributed by atoms with Crippen molar-refractivity contribution in [3.05, 3.63) is 41.6 Å². The second-order valence-electron chi connectivity index (χ2n) is 11.5. The molecule has 188 valence electrons. The van der Waals surface area contributed by atoms with Crippen molar-refractivity contribution in [3.63, 3.8) is 0 Å². The van der Waals surface area contributed by atoms with Gasteiger partial charge in [0.2, 0.25) is 0 Å². The first-order valence-electron chi connectivity index (χ1n) is 11.9. The molecule has 0 unspecified atom stereocenters. The van der Waals surface area contributed by atoms with E-state index in [2.05, 4.69) is 10.5 Å². The van der Waals surface area contributed by atoms with Crippen LogP contribution in [0.1, 0.15) is 77.3 Å². The standard InChI is InChI=1S/C25H35F2N3O4/c1-22(2)14-23(3,4)16-24(32,15-22)25(26,27)21(31)30-10-6-8-20(30)19-11-18(34-29-19)13-33-17-7-5-9-28-12-17/h5,7,11-12,20,28,32H,6,8-10,13-16H2,1-4H3/t20-/m0/s1. The van der Waals surface area contributed by atoms with E-state index in [4.69, 9.17) is 9.26 Å². The van der Waals surface area contributed by atoms with Gasteiger partial charge in [0, 0.05) is 25.4 Å². The molecule has 1 aromatic heterocycles. The van der Waals surface area contributed by atoms with Gasteiger partial charge in [-0.05, 0) is 49.0 Å². The van der Waals surface area contributed by atoms with Gasteiger partial charge in [0.05, 0.1) is 6.04 Å². The summed E-state index contributed by atoms with van der Waals surface area (Å²) in [6, 6.07) is 1.02. The minimum atomic E-state index is -3.91. The Hall–Kier alpha value is -2.42. The largest absolute Gasteiger partial charge is 0.484 e. The fourth-order valence-electron chi connectivity index (χ4n) is 6.23. The van der Waals surface area contributed by atoms with E-state index in [-0.39, 0.29) is 26.0 Å². The Morgan fingerprint density at radius 3 is 2.65 bits per heavy atom. The summed E-state index contributed by atoms with van der Waals surface area (Å²) in [5.74, 6) is -4.16. The highest BCUT2D eigenvalue weighted by atomic mass is 19.3. The minimum Gasteiger partial charge on any atom is -0.484 e. The molecule has 34 heavy (non-hydrogen) atoms. The number of carbonyl (C=O) groups excluding carboxylic acids is 1. The molecular formula is C25H35F2N3O4. The zero-order valence-corrected chi connectivity index (χ0v) is 20.4. The van der Waals surface area contributed by atoms with Crippen molar-refractivity contribution in [2.45, 2.75) is 84.0 Å². The number of ether oxygens (including phenoxy) is 1. The van der Waals surface area contributed by atoms with E-state index in [1.807, 2.05) is 39.8 Å². The third-order valence-electron chi connectivity index (χ3n) is 6.93. The van der Waals surface area contributed by atoms with Crippen molar-refractivity contribution in [1.82, 2.24) is 15.4 Å². The van der Waals surface area contributed by atoms with Crippen molar-refractivity contribution in [3.8, 4) is 0 Å². The zero-order chi connectivity index (χ0) is 24.8. The van der Waals surface area contributed by atoms with E-state index in [9.17, 15) is 9.90 Å². The number of hydrogen-bond acceptors (Lipinski definition) is 6. The molecule has 2 fully saturated rings. The maximum absolute atomic E-state index is 15.7. The van der Waals surface area contributed by atoms with Crippen LogP contribution in [-0.2, 0) is 16.1 Å². The van der Waals surface area contributed by atoms with Crippen LogP contribution in [0.25, 0.3) is 0 Å². The number of amides is 1. The molecular weight excluding hydrogens is 444 g/mol. The summed E-state index contributed by atoms with van der Waals surface area (Å²) >= 11 is 0. The maximum Gasteiger partial charge on any atom is 0.352 e. The second-order valence-corrected chi connectivity index (χ2v) is 11.5. The molecule has 1 amide bonds. The molecule has 1 aliphatic carbocycles. The smallest absolute Gasteiger partial charge is 0.352 e. The number of nitrogens with zero attached hydrogens (tertiary/aromatic N) is 2. The number of halogens is 2. The van der Waals surface area contributed by atoms with Crippen molar-refractivity contribution in [1.29, 1.82) is 0 Å². The summed E-state index contributed by atoms with van der Waals surface area (Å²) in [7, 11) is 0. The molecule has 4 rings (SSSR count). The van der Waals surface area contributed by atoms with Crippen molar-refractivity contribution in [2.75, 3.05) is 13.1 Å². The number of hydrogen-bond donors (Lipinski definition) is 2. The summed E-state index contributed by atoms with van der Waals surface area (Å²) < 4.78 is 42.4. The number of rotatable bonds is 6. The van der Waals surface area contributed by atoms with Crippen LogP contribution in [-0.4, -0.2) is 45.7 Å². The quantitative estimate of drug-likeness (QED) is 0.627. The van der Waals surface area contributed by atoms with Gasteiger partial charge >= 0.3 is 5.92 Å². The molecule has 3 aliphatic rings. The van der Waals surface area contributed by atoms with Crippen LogP contribution in [0.3, 0.4) is 0 Å². The van der Waals surface area contributed by atoms with E-state index in [1.165, 1.54) is 0 Å². The molecule has 0 radical (unpaired) electrons. The number of allylic oxidation sites excluding steroid dienone is 1. The van der Waals surface area contributed by atoms with Gasteiger partial charge in [-0.25, -0.2) is 0 Å². The highest BCUT2D eigenvalue weighted by Gasteiger charge is 2.65. The number of dihydropyridines is 1. The molecule has 7 nitrogen and oxygen atoms in total. The summed E-state index contributed by atoms with van der Waals surface area (Å²) in [6.07, 6.45) is 7.01. The van der Waals surface area contributed by atoms with E-state index < -0.39 is 34.3 Å². The molecule has 1 saturated carbocycles. The van der Waals surface area contributed by atoms with E-state index in [0.29, 0.717) is 36.5 Å². The Kier molecular flexibility index (Phi) is 6.29. The third kappa shape index (κ3) is 4.85. The van der Waals surface area contributed by atoms with E-state index >= 15 is 8.78 Å². The van der Waals surface area contributed by atoms with Crippen molar-refractivity contribution >= 4 is 5.91 Å². The van der Waals surface area contributed by atoms with E-state index in [0.717, 1.165) is 11.4 Å². The van der Waals surface area contributed by atoms with Crippen LogP contribution in [0.15, 0.2) is 34.7 Å². The fraction of sp³-hybridized carbons (Fsp3) is 0.680. The lowest BCUT2D eigenvalue weighted by Gasteiger charge is -2.51. The number of aliphatic hydroxyl groups is 1. The molecule has 1 atom stereocenters. The van der Waals surface area contributed by atoms with Crippen molar-refractivity contribution < 1.29 is 27.9 Å². The predicted molar refractivity (Wildman–Crippen MR) is 122 cm³/mol. The van der Waals surface area contributed by atoms with Crippen LogP contribution in [0.2, 0.25) is 0 Å². The topological polar surface area (TPSA) is 87.8 Å². The van der Waals surface area contributed by atoms with Crippen molar-refractivity contribution in [2.24, 2.45) is 10.8 Å². The van der Waals surface area contributed by atoms with Gasteiger partial charge in [0.1, 0.15) is 23.7 Å². The lowest BCUT2D eigenvalue weighted by atomic mass is 9.58. The van der Waals surface area contributed by atoms with Crippen LogP contribution < -0.4 is 5.32 Å². The first kappa shape index (κ1) is 24.7. The normalized spacial score (nSPS) is 25.6. The van der Waals surface area contributed by atoms with Gasteiger partial charge in [-0.3, -0.25) is 4.79 Å². The highest BCUT2D eigenvalue weighted by molar-refractivity contribution is 5.85. The molecule has 0 aromatic carbocycles. The maximum atomic E-state index is 15.7. The number of nitrogens with one attached hydrogen (secondary N) is 1. The van der Waals surface area contributed by atoms with Crippen LogP contribution in [0.5, 0.6) is 0 Å². The first-order chi connectivity index (χ1) is 15.8. The average molecular weight is 480 g/mol. The van der Waals surface area contributed by atoms with Crippen LogP contribution in [0, 0.1) is 10.8 Å². The molecule has 2 N–H and O–H groups in total. The van der Waals surface area contributed by atoms with Gasteiger partial charge in [-0.1, -0.05) is 38.9 Å². The molecule has 3 heterocycles. The molecule has 2 aliphatic heterocycles. The molecule has 0 spiro atoms. The Balaban J connectivity index is 1.49. The fourth-order valence-corrected chi connectivity index (χ4v) is 6.23. The summed E-state index contributed by atoms with van der Waals surface area (Å²) in [5.41, 5.74) is -3.00. The Morgan fingerprint density at radius 1 is 1.29 bits per heavy atom. The summed E-state index contributed by atoms with van der Waals surface area (Å²) in [5, 5.41) is 18.3. The molecule has 1 saturated heterocycles. The van der Waals surface area contributed by atoms with Gasteiger partial charge in [0.25, 0.3) is 5.91 Å². The number of carbonyl (C=O) groups is 1.